The fraction of sp³-hybridized carbons (Fsp3) is 0.389. The maximum Gasteiger partial charge on any atom is 0.223 e. The molecule has 136 valence electrons. The third kappa shape index (κ3) is 3.15. The second-order valence-electron chi connectivity index (χ2n) is 6.70. The average Bonchev–Trinajstić information content (AvgIpc) is 3.06. The smallest absolute Gasteiger partial charge is 0.223 e. The zero-order chi connectivity index (χ0) is 18.3. The summed E-state index contributed by atoms with van der Waals surface area (Å²) < 4.78 is 20.5. The number of aliphatic hydroxyl groups is 1. The van der Waals surface area contributed by atoms with Crippen molar-refractivity contribution in [3.05, 3.63) is 35.2 Å². The van der Waals surface area contributed by atoms with Gasteiger partial charge in [0.05, 0.1) is 34.6 Å². The van der Waals surface area contributed by atoms with Gasteiger partial charge in [-0.25, -0.2) is 15.0 Å². The number of pyridine rings is 1. The molecule has 3 aromatic rings. The molecule has 0 aromatic carbocycles. The number of fused-ring (bicyclic) bond motifs is 1. The van der Waals surface area contributed by atoms with Crippen LogP contribution < -0.4 is 4.90 Å². The van der Waals surface area contributed by atoms with Crippen LogP contribution in [0.25, 0.3) is 21.6 Å². The molecule has 0 saturated carbocycles. The van der Waals surface area contributed by atoms with Gasteiger partial charge in [0.25, 0.3) is 0 Å². The predicted molar refractivity (Wildman–Crippen MR) is 98.9 cm³/mol. The Hall–Kier alpha value is -2.16. The Kier molecular flexibility index (Phi) is 4.34. The van der Waals surface area contributed by atoms with E-state index in [4.69, 9.17) is 4.74 Å². The van der Waals surface area contributed by atoms with Crippen LogP contribution in [-0.4, -0.2) is 46.4 Å². The number of thiophene rings is 1. The molecule has 1 fully saturated rings. The molecule has 4 rings (SSSR count). The fourth-order valence-corrected chi connectivity index (χ4v) is 3.99. The van der Waals surface area contributed by atoms with Crippen LogP contribution in [-0.2, 0) is 10.3 Å². The van der Waals surface area contributed by atoms with Gasteiger partial charge in [0.15, 0.2) is 11.6 Å². The van der Waals surface area contributed by atoms with Crippen LogP contribution in [0.1, 0.15) is 18.7 Å². The van der Waals surface area contributed by atoms with Gasteiger partial charge in [0, 0.05) is 24.2 Å². The zero-order valence-electron chi connectivity index (χ0n) is 14.6. The first kappa shape index (κ1) is 17.3. The number of aromatic nitrogens is 3. The van der Waals surface area contributed by atoms with Crippen LogP contribution in [0.2, 0.25) is 0 Å². The molecule has 3 aromatic heterocycles. The van der Waals surface area contributed by atoms with Crippen LogP contribution in [0.4, 0.5) is 10.2 Å². The number of morpholine rings is 1. The summed E-state index contributed by atoms with van der Waals surface area (Å²) in [5, 5.41) is 10.4. The summed E-state index contributed by atoms with van der Waals surface area (Å²) in [4.78, 5) is 15.8. The Balaban J connectivity index is 1.93. The van der Waals surface area contributed by atoms with Gasteiger partial charge in [-0.05, 0) is 32.0 Å². The van der Waals surface area contributed by atoms with Gasteiger partial charge in [0.1, 0.15) is 0 Å². The highest BCUT2D eigenvalue weighted by Gasteiger charge is 2.25. The van der Waals surface area contributed by atoms with E-state index >= 15 is 0 Å². The topological polar surface area (TPSA) is 71.4 Å². The number of halogens is 1. The molecule has 1 aliphatic rings. The predicted octanol–water partition coefficient (Wildman–Crippen LogP) is 2.96. The summed E-state index contributed by atoms with van der Waals surface area (Å²) in [6.45, 7) is 6.12. The third-order valence-electron chi connectivity index (χ3n) is 4.27. The van der Waals surface area contributed by atoms with E-state index in [2.05, 4.69) is 19.9 Å². The summed E-state index contributed by atoms with van der Waals surface area (Å²) in [5.74, 6) is 0.444. The van der Waals surface area contributed by atoms with Crippen LogP contribution >= 0.6 is 11.3 Å². The van der Waals surface area contributed by atoms with E-state index in [1.54, 1.807) is 26.0 Å². The quantitative estimate of drug-likeness (QED) is 0.711. The second kappa shape index (κ2) is 6.53. The van der Waals surface area contributed by atoms with Gasteiger partial charge in [-0.1, -0.05) is 0 Å². The molecule has 0 spiro atoms. The number of rotatable bonds is 3. The number of anilines is 1. The first-order valence-corrected chi connectivity index (χ1v) is 9.23. The van der Waals surface area contributed by atoms with Crippen molar-refractivity contribution in [2.45, 2.75) is 19.4 Å². The van der Waals surface area contributed by atoms with E-state index in [1.807, 2.05) is 6.07 Å². The normalized spacial score (nSPS) is 15.6. The number of nitrogens with zero attached hydrogens (tertiary/aromatic N) is 4. The van der Waals surface area contributed by atoms with Crippen molar-refractivity contribution in [2.24, 2.45) is 0 Å². The van der Waals surface area contributed by atoms with E-state index in [0.29, 0.717) is 37.6 Å². The summed E-state index contributed by atoms with van der Waals surface area (Å²) in [7, 11) is 0. The third-order valence-corrected chi connectivity index (χ3v) is 5.70. The number of ether oxygens (including phenoxy) is 1. The molecule has 8 heteroatoms. The summed E-state index contributed by atoms with van der Waals surface area (Å²) in [5.41, 5.74) is -0.0188. The minimum absolute atomic E-state index is 0.264. The van der Waals surface area contributed by atoms with Crippen molar-refractivity contribution in [3.8, 4) is 11.4 Å². The van der Waals surface area contributed by atoms with Crippen LogP contribution in [0.15, 0.2) is 24.4 Å². The minimum atomic E-state index is -0.979. The Labute approximate surface area is 154 Å². The lowest BCUT2D eigenvalue weighted by Gasteiger charge is -2.28. The summed E-state index contributed by atoms with van der Waals surface area (Å²) >= 11 is 1.47. The molecule has 0 aliphatic carbocycles. The molecule has 0 bridgehead atoms. The molecule has 0 radical (unpaired) electrons. The molecular weight excluding hydrogens is 355 g/mol. The molecule has 26 heavy (non-hydrogen) atoms. The molecule has 0 unspecified atom stereocenters. The highest BCUT2D eigenvalue weighted by Crippen LogP contribution is 2.38. The van der Waals surface area contributed by atoms with Gasteiger partial charge in [-0.2, -0.15) is 4.39 Å². The molecular formula is C18H19FN4O2S. The van der Waals surface area contributed by atoms with Crippen molar-refractivity contribution in [2.75, 3.05) is 31.2 Å². The Morgan fingerprint density at radius 2 is 2.04 bits per heavy atom. The van der Waals surface area contributed by atoms with Crippen molar-refractivity contribution < 1.29 is 14.2 Å². The number of hydrogen-bond donors (Lipinski definition) is 1. The monoisotopic (exact) mass is 374 g/mol. The largest absolute Gasteiger partial charge is 0.385 e. The van der Waals surface area contributed by atoms with Crippen LogP contribution in [0.3, 0.4) is 0 Å². The van der Waals surface area contributed by atoms with Gasteiger partial charge in [0.2, 0.25) is 5.95 Å². The maximum atomic E-state index is 14.2. The van der Waals surface area contributed by atoms with E-state index in [-0.39, 0.29) is 5.56 Å². The van der Waals surface area contributed by atoms with E-state index in [0.717, 1.165) is 15.4 Å². The summed E-state index contributed by atoms with van der Waals surface area (Å²) in [6.07, 6.45) is 1.40. The van der Waals surface area contributed by atoms with Crippen molar-refractivity contribution in [1.29, 1.82) is 0 Å². The van der Waals surface area contributed by atoms with Gasteiger partial charge in [-0.15, -0.1) is 11.3 Å². The fourth-order valence-electron chi connectivity index (χ4n) is 2.88. The van der Waals surface area contributed by atoms with Gasteiger partial charge < -0.3 is 14.7 Å². The Bertz CT molecular complexity index is 948. The lowest BCUT2D eigenvalue weighted by molar-refractivity contribution is 0.0826. The maximum absolute atomic E-state index is 14.2. The average molecular weight is 374 g/mol. The van der Waals surface area contributed by atoms with Crippen LogP contribution in [0.5, 0.6) is 0 Å². The van der Waals surface area contributed by atoms with Crippen molar-refractivity contribution in [1.82, 2.24) is 15.0 Å². The summed E-state index contributed by atoms with van der Waals surface area (Å²) in [6, 6.07) is 5.13. The Morgan fingerprint density at radius 3 is 2.73 bits per heavy atom. The highest BCUT2D eigenvalue weighted by molar-refractivity contribution is 7.19. The molecule has 0 amide bonds. The van der Waals surface area contributed by atoms with Crippen molar-refractivity contribution in [3.63, 3.8) is 0 Å². The first-order chi connectivity index (χ1) is 12.4. The molecule has 0 atom stereocenters. The minimum Gasteiger partial charge on any atom is -0.385 e. The van der Waals surface area contributed by atoms with E-state index in [1.165, 1.54) is 17.5 Å². The zero-order valence-corrected chi connectivity index (χ0v) is 15.4. The molecule has 1 saturated heterocycles. The molecule has 4 heterocycles. The lowest BCUT2D eigenvalue weighted by Crippen LogP contribution is -2.36. The van der Waals surface area contributed by atoms with Crippen LogP contribution in [0, 0.1) is 5.95 Å². The highest BCUT2D eigenvalue weighted by atomic mass is 32.1. The van der Waals surface area contributed by atoms with E-state index in [9.17, 15) is 9.50 Å². The van der Waals surface area contributed by atoms with E-state index < -0.39 is 11.5 Å². The standard InChI is InChI=1S/C18H19FN4O2S/c1-18(2,24)13-10-12-14(26-13)17(23-6-8-25-9-7-23)22-16(21-12)11-4-3-5-20-15(11)19/h3-5,10,24H,6-9H2,1-2H3. The second-order valence-corrected chi connectivity index (χ2v) is 7.75. The van der Waals surface area contributed by atoms with Gasteiger partial charge in [-0.3, -0.25) is 0 Å². The Morgan fingerprint density at radius 1 is 1.27 bits per heavy atom. The molecule has 6 nitrogen and oxygen atoms in total. The molecule has 1 aliphatic heterocycles. The lowest BCUT2D eigenvalue weighted by atomic mass is 10.1. The molecule has 1 N–H and O–H groups in total. The van der Waals surface area contributed by atoms with Gasteiger partial charge >= 0.3 is 0 Å². The first-order valence-electron chi connectivity index (χ1n) is 8.41. The SMILES string of the molecule is CC(C)(O)c1cc2nc(-c3cccnc3F)nc(N3CCOCC3)c2s1. The van der Waals surface area contributed by atoms with Crippen molar-refractivity contribution >= 4 is 27.4 Å². The number of hydrogen-bond acceptors (Lipinski definition) is 7.